The Kier molecular flexibility index (Phi) is 5.67. The molecule has 1 saturated heterocycles. The Hall–Kier alpha value is -2.34. The Morgan fingerprint density at radius 3 is 2.64 bits per heavy atom. The van der Waals surface area contributed by atoms with Crippen molar-refractivity contribution in [1.82, 2.24) is 4.90 Å². The lowest BCUT2D eigenvalue weighted by atomic mass is 10.0. The zero-order chi connectivity index (χ0) is 19.5. The second kappa shape index (κ2) is 8.35. The number of benzene rings is 2. The highest BCUT2D eigenvalue weighted by molar-refractivity contribution is 7.98. The van der Waals surface area contributed by atoms with Gasteiger partial charge in [0.05, 0.1) is 12.6 Å². The lowest BCUT2D eigenvalue weighted by molar-refractivity contribution is -0.130. The van der Waals surface area contributed by atoms with Crippen LogP contribution in [0.15, 0.2) is 47.4 Å². The zero-order valence-electron chi connectivity index (χ0n) is 16.4. The summed E-state index contributed by atoms with van der Waals surface area (Å²) in [5, 5.41) is 0. The normalized spacial score (nSPS) is 18.2. The second-order valence-electron chi connectivity index (χ2n) is 7.20. The van der Waals surface area contributed by atoms with Gasteiger partial charge in [-0.25, -0.2) is 0 Å². The van der Waals surface area contributed by atoms with Crippen molar-refractivity contribution in [2.24, 2.45) is 0 Å². The van der Waals surface area contributed by atoms with Crippen molar-refractivity contribution in [1.29, 1.82) is 0 Å². The summed E-state index contributed by atoms with van der Waals surface area (Å²) in [6, 6.07) is 14.5. The van der Waals surface area contributed by atoms with Crippen molar-refractivity contribution < 1.29 is 14.3 Å². The number of likely N-dealkylation sites (tertiary alicyclic amines) is 1. The van der Waals surface area contributed by atoms with Gasteiger partial charge in [-0.2, -0.15) is 0 Å². The quantitative estimate of drug-likeness (QED) is 0.713. The Morgan fingerprint density at radius 1 is 1.14 bits per heavy atom. The van der Waals surface area contributed by atoms with Gasteiger partial charge in [0.1, 0.15) is 13.2 Å². The lowest BCUT2D eigenvalue weighted by Gasteiger charge is -2.29. The molecule has 0 bridgehead atoms. The standard InChI is InChI=1S/C22H26N2O3S/c1-23(17-6-8-18(28-2)9-7-17)15-22(25)24-11-3-4-19(24)16-5-10-20-21(14-16)27-13-12-26-20/h5-10,14,19H,3-4,11-13,15H2,1-2H3. The van der Waals surface area contributed by atoms with E-state index in [1.165, 1.54) is 4.90 Å². The van der Waals surface area contributed by atoms with E-state index in [0.717, 1.165) is 42.1 Å². The molecule has 4 rings (SSSR count). The van der Waals surface area contributed by atoms with E-state index in [0.29, 0.717) is 19.8 Å². The van der Waals surface area contributed by atoms with Crippen LogP contribution in [0.2, 0.25) is 0 Å². The largest absolute Gasteiger partial charge is 0.486 e. The van der Waals surface area contributed by atoms with Gasteiger partial charge in [0, 0.05) is 24.2 Å². The molecule has 2 aliphatic heterocycles. The maximum absolute atomic E-state index is 13.0. The molecule has 2 heterocycles. The zero-order valence-corrected chi connectivity index (χ0v) is 17.2. The fraction of sp³-hybridized carbons (Fsp3) is 0.409. The number of amides is 1. The number of likely N-dealkylation sites (N-methyl/N-ethyl adjacent to an activating group) is 1. The molecule has 6 heteroatoms. The van der Waals surface area contributed by atoms with Crippen LogP contribution < -0.4 is 14.4 Å². The Labute approximate surface area is 170 Å². The van der Waals surface area contributed by atoms with Crippen molar-refractivity contribution in [2.75, 3.05) is 44.5 Å². The fourth-order valence-corrected chi connectivity index (χ4v) is 4.31. The van der Waals surface area contributed by atoms with Crippen molar-refractivity contribution in [3.05, 3.63) is 48.0 Å². The van der Waals surface area contributed by atoms with Crippen molar-refractivity contribution in [3.63, 3.8) is 0 Å². The minimum absolute atomic E-state index is 0.107. The third kappa shape index (κ3) is 3.92. The van der Waals surface area contributed by atoms with Crippen LogP contribution in [0.1, 0.15) is 24.4 Å². The molecule has 0 N–H and O–H groups in total. The highest BCUT2D eigenvalue weighted by Gasteiger charge is 2.31. The molecular weight excluding hydrogens is 372 g/mol. The number of hydrogen-bond donors (Lipinski definition) is 0. The van der Waals surface area contributed by atoms with Gasteiger partial charge in [-0.3, -0.25) is 4.79 Å². The van der Waals surface area contributed by atoms with Crippen molar-refractivity contribution in [2.45, 2.75) is 23.8 Å². The van der Waals surface area contributed by atoms with Crippen LogP contribution in [-0.4, -0.2) is 50.4 Å². The molecule has 2 aliphatic rings. The molecule has 5 nitrogen and oxygen atoms in total. The molecule has 1 fully saturated rings. The predicted octanol–water partition coefficient (Wildman–Crippen LogP) is 3.98. The van der Waals surface area contributed by atoms with E-state index in [-0.39, 0.29) is 11.9 Å². The summed E-state index contributed by atoms with van der Waals surface area (Å²) in [5.41, 5.74) is 2.18. The summed E-state index contributed by atoms with van der Waals surface area (Å²) in [6.45, 7) is 2.34. The van der Waals surface area contributed by atoms with E-state index < -0.39 is 0 Å². The first-order valence-electron chi connectivity index (χ1n) is 9.70. The maximum Gasteiger partial charge on any atom is 0.242 e. The first kappa shape index (κ1) is 19.0. The number of carbonyl (C=O) groups excluding carboxylic acids is 1. The first-order chi connectivity index (χ1) is 13.7. The number of hydrogen-bond acceptors (Lipinski definition) is 5. The topological polar surface area (TPSA) is 42.0 Å². The van der Waals surface area contributed by atoms with Gasteiger partial charge in [-0.15, -0.1) is 11.8 Å². The van der Waals surface area contributed by atoms with E-state index in [9.17, 15) is 4.79 Å². The van der Waals surface area contributed by atoms with Crippen LogP contribution in [0, 0.1) is 0 Å². The molecule has 1 amide bonds. The molecule has 28 heavy (non-hydrogen) atoms. The monoisotopic (exact) mass is 398 g/mol. The second-order valence-corrected chi connectivity index (χ2v) is 8.08. The first-order valence-corrected chi connectivity index (χ1v) is 10.9. The fourth-order valence-electron chi connectivity index (χ4n) is 3.90. The molecule has 148 valence electrons. The number of ether oxygens (including phenoxy) is 2. The van der Waals surface area contributed by atoms with Gasteiger partial charge in [0.2, 0.25) is 5.91 Å². The van der Waals surface area contributed by atoms with Crippen molar-refractivity contribution >= 4 is 23.4 Å². The molecule has 1 unspecified atom stereocenters. The Morgan fingerprint density at radius 2 is 1.89 bits per heavy atom. The van der Waals surface area contributed by atoms with E-state index in [1.54, 1.807) is 11.8 Å². The minimum Gasteiger partial charge on any atom is -0.486 e. The number of nitrogens with zero attached hydrogens (tertiary/aromatic N) is 2. The number of rotatable bonds is 5. The third-order valence-electron chi connectivity index (χ3n) is 5.41. The number of anilines is 1. The van der Waals surface area contributed by atoms with Gasteiger partial charge < -0.3 is 19.3 Å². The van der Waals surface area contributed by atoms with Crippen LogP contribution in [0.25, 0.3) is 0 Å². The van der Waals surface area contributed by atoms with Crippen LogP contribution >= 0.6 is 11.8 Å². The van der Waals surface area contributed by atoms with Gasteiger partial charge in [0.25, 0.3) is 0 Å². The number of fused-ring (bicyclic) bond motifs is 1. The Balaban J connectivity index is 1.45. The van der Waals surface area contributed by atoms with Gasteiger partial charge >= 0.3 is 0 Å². The molecule has 1 atom stereocenters. The van der Waals surface area contributed by atoms with E-state index >= 15 is 0 Å². The third-order valence-corrected chi connectivity index (χ3v) is 6.15. The minimum atomic E-state index is 0.107. The summed E-state index contributed by atoms with van der Waals surface area (Å²) < 4.78 is 11.3. The smallest absolute Gasteiger partial charge is 0.242 e. The molecule has 0 aliphatic carbocycles. The van der Waals surface area contributed by atoms with Crippen LogP contribution in [0.3, 0.4) is 0 Å². The maximum atomic E-state index is 13.0. The molecule has 2 aromatic rings. The summed E-state index contributed by atoms with van der Waals surface area (Å²) >= 11 is 1.72. The molecule has 0 aromatic heterocycles. The summed E-state index contributed by atoms with van der Waals surface area (Å²) in [5.74, 6) is 1.74. The predicted molar refractivity (Wildman–Crippen MR) is 113 cm³/mol. The average molecular weight is 399 g/mol. The van der Waals surface area contributed by atoms with E-state index in [2.05, 4.69) is 36.6 Å². The summed E-state index contributed by atoms with van der Waals surface area (Å²) in [7, 11) is 1.97. The lowest BCUT2D eigenvalue weighted by Crippen LogP contribution is -2.38. The SMILES string of the molecule is CSc1ccc(N(C)CC(=O)N2CCCC2c2ccc3c(c2)OCCO3)cc1. The highest BCUT2D eigenvalue weighted by atomic mass is 32.2. The average Bonchev–Trinajstić information content (AvgIpc) is 3.23. The highest BCUT2D eigenvalue weighted by Crippen LogP contribution is 2.38. The van der Waals surface area contributed by atoms with Crippen LogP contribution in [-0.2, 0) is 4.79 Å². The molecular formula is C22H26N2O3S. The molecule has 2 aromatic carbocycles. The van der Waals surface area contributed by atoms with Crippen LogP contribution in [0.5, 0.6) is 11.5 Å². The Bertz CT molecular complexity index is 840. The van der Waals surface area contributed by atoms with Gasteiger partial charge in [-0.1, -0.05) is 6.07 Å². The van der Waals surface area contributed by atoms with Gasteiger partial charge in [0.15, 0.2) is 11.5 Å². The van der Waals surface area contributed by atoms with Gasteiger partial charge in [-0.05, 0) is 61.1 Å². The molecule has 0 radical (unpaired) electrons. The summed E-state index contributed by atoms with van der Waals surface area (Å²) in [4.78, 5) is 18.3. The molecule has 0 saturated carbocycles. The van der Waals surface area contributed by atoms with Crippen LogP contribution in [0.4, 0.5) is 5.69 Å². The summed E-state index contributed by atoms with van der Waals surface area (Å²) in [6.07, 6.45) is 4.07. The number of carbonyl (C=O) groups is 1. The molecule has 0 spiro atoms. The van der Waals surface area contributed by atoms with Crippen molar-refractivity contribution in [3.8, 4) is 11.5 Å². The van der Waals surface area contributed by atoms with E-state index in [4.69, 9.17) is 9.47 Å². The number of thioether (sulfide) groups is 1. The van der Waals surface area contributed by atoms with E-state index in [1.807, 2.05) is 29.0 Å².